The monoisotopic (exact) mass is 451 g/mol. The zero-order valence-corrected chi connectivity index (χ0v) is 19.4. The molecule has 0 bridgehead atoms. The Morgan fingerprint density at radius 2 is 1.87 bits per heavy atom. The number of carbonyl (C=O) groups is 2. The lowest BCUT2D eigenvalue weighted by molar-refractivity contribution is -0.140. The Hall–Kier alpha value is -2.46. The fraction of sp³-hybridized carbons (Fsp3) is 0.571. The van der Waals surface area contributed by atoms with E-state index in [-0.39, 0.29) is 29.6 Å². The van der Waals surface area contributed by atoms with Crippen molar-refractivity contribution in [3.63, 3.8) is 0 Å². The highest BCUT2D eigenvalue weighted by Gasteiger charge is 2.39. The Morgan fingerprint density at radius 3 is 2.39 bits per heavy atom. The Morgan fingerprint density at radius 1 is 1.26 bits per heavy atom. The van der Waals surface area contributed by atoms with Gasteiger partial charge in [-0.25, -0.2) is 13.1 Å². The second-order valence-corrected chi connectivity index (χ2v) is 11.0. The first kappa shape index (κ1) is 24.8. The number of hydrogen-bond donors (Lipinski definition) is 4. The van der Waals surface area contributed by atoms with Crippen LogP contribution in [0.15, 0.2) is 24.3 Å². The fourth-order valence-corrected chi connectivity index (χ4v) is 4.36. The lowest BCUT2D eigenvalue weighted by Gasteiger charge is -2.31. The van der Waals surface area contributed by atoms with Crippen molar-refractivity contribution in [2.45, 2.75) is 58.7 Å². The SMILES string of the molecule is CC(C)(C)C[C@@H](NS(C)(=O)=O)C(=O)N1CCC[C@H]1C(=O)NCc1ccc(C(=N)N)cc1. The lowest BCUT2D eigenvalue weighted by atomic mass is 9.88. The first-order valence-corrected chi connectivity index (χ1v) is 12.1. The smallest absolute Gasteiger partial charge is 0.243 e. The second kappa shape index (κ2) is 9.78. The van der Waals surface area contributed by atoms with Gasteiger partial charge in [-0.3, -0.25) is 15.0 Å². The molecule has 9 nitrogen and oxygen atoms in total. The summed E-state index contributed by atoms with van der Waals surface area (Å²) in [6, 6.07) is 5.44. The summed E-state index contributed by atoms with van der Waals surface area (Å²) in [4.78, 5) is 27.5. The molecule has 172 valence electrons. The van der Waals surface area contributed by atoms with Gasteiger partial charge < -0.3 is 16.0 Å². The molecule has 2 amide bonds. The molecule has 2 atom stereocenters. The third-order valence-electron chi connectivity index (χ3n) is 5.04. The van der Waals surface area contributed by atoms with Crippen molar-refractivity contribution in [2.24, 2.45) is 11.1 Å². The largest absolute Gasteiger partial charge is 0.384 e. The molecular formula is C21H33N5O4S. The zero-order chi connectivity index (χ0) is 23.4. The molecule has 0 spiro atoms. The molecule has 1 heterocycles. The van der Waals surface area contributed by atoms with Crippen LogP contribution in [0.4, 0.5) is 0 Å². The summed E-state index contributed by atoms with van der Waals surface area (Å²) in [7, 11) is -3.59. The van der Waals surface area contributed by atoms with Crippen LogP contribution in [0.5, 0.6) is 0 Å². The summed E-state index contributed by atoms with van der Waals surface area (Å²) in [5, 5.41) is 10.3. The van der Waals surface area contributed by atoms with Crippen molar-refractivity contribution in [3.8, 4) is 0 Å². The molecule has 1 aliphatic heterocycles. The van der Waals surface area contributed by atoms with Crippen LogP contribution in [-0.4, -0.2) is 55.9 Å². The Bertz CT molecular complexity index is 922. The molecule has 0 aromatic heterocycles. The summed E-state index contributed by atoms with van der Waals surface area (Å²) in [5.74, 6) is -0.664. The molecule has 1 saturated heterocycles. The molecule has 0 unspecified atom stereocenters. The van der Waals surface area contributed by atoms with Crippen LogP contribution in [0, 0.1) is 10.8 Å². The first-order chi connectivity index (χ1) is 14.3. The van der Waals surface area contributed by atoms with E-state index in [9.17, 15) is 18.0 Å². The van der Waals surface area contributed by atoms with Crippen LogP contribution in [0.1, 0.15) is 51.2 Å². The van der Waals surface area contributed by atoms with Gasteiger partial charge in [0.25, 0.3) is 0 Å². The predicted molar refractivity (Wildman–Crippen MR) is 120 cm³/mol. The van der Waals surface area contributed by atoms with Gasteiger partial charge in [-0.1, -0.05) is 45.0 Å². The minimum Gasteiger partial charge on any atom is -0.384 e. The maximum absolute atomic E-state index is 13.2. The minimum absolute atomic E-state index is 0.0248. The normalized spacial score (nSPS) is 17.9. The molecule has 1 fully saturated rings. The number of carbonyl (C=O) groups excluding carboxylic acids is 2. The number of sulfonamides is 1. The van der Waals surface area contributed by atoms with Crippen molar-refractivity contribution >= 4 is 27.7 Å². The molecule has 1 aromatic carbocycles. The lowest BCUT2D eigenvalue weighted by Crippen LogP contribution is -2.54. The predicted octanol–water partition coefficient (Wildman–Crippen LogP) is 0.932. The molecule has 5 N–H and O–H groups in total. The number of likely N-dealkylation sites (tertiary alicyclic amines) is 1. The summed E-state index contributed by atoms with van der Waals surface area (Å²) < 4.78 is 26.1. The average Bonchev–Trinajstić information content (AvgIpc) is 3.12. The van der Waals surface area contributed by atoms with E-state index in [1.807, 2.05) is 20.8 Å². The number of nitrogens with zero attached hydrogens (tertiary/aromatic N) is 1. The quantitative estimate of drug-likeness (QED) is 0.343. The van der Waals surface area contributed by atoms with Gasteiger partial charge in [-0.15, -0.1) is 0 Å². The van der Waals surface area contributed by atoms with Crippen LogP contribution < -0.4 is 15.8 Å². The molecule has 10 heteroatoms. The number of nitrogen functional groups attached to an aromatic ring is 1. The van der Waals surface area contributed by atoms with Crippen LogP contribution in [0.3, 0.4) is 0 Å². The van der Waals surface area contributed by atoms with E-state index >= 15 is 0 Å². The van der Waals surface area contributed by atoms with E-state index in [4.69, 9.17) is 11.1 Å². The number of rotatable bonds is 8. The van der Waals surface area contributed by atoms with E-state index in [0.717, 1.165) is 11.8 Å². The molecule has 0 aliphatic carbocycles. The van der Waals surface area contributed by atoms with Gasteiger partial charge in [0.15, 0.2) is 0 Å². The number of hydrogen-bond acceptors (Lipinski definition) is 5. The van der Waals surface area contributed by atoms with Gasteiger partial charge in [0.2, 0.25) is 21.8 Å². The Labute approximate surface area is 184 Å². The van der Waals surface area contributed by atoms with Crippen molar-refractivity contribution < 1.29 is 18.0 Å². The Balaban J connectivity index is 2.07. The molecule has 0 radical (unpaired) electrons. The molecule has 31 heavy (non-hydrogen) atoms. The van der Waals surface area contributed by atoms with Crippen LogP contribution in [0.2, 0.25) is 0 Å². The molecule has 2 rings (SSSR count). The highest BCUT2D eigenvalue weighted by molar-refractivity contribution is 7.88. The van der Waals surface area contributed by atoms with Gasteiger partial charge in [-0.2, -0.15) is 0 Å². The minimum atomic E-state index is -3.59. The highest BCUT2D eigenvalue weighted by atomic mass is 32.2. The van der Waals surface area contributed by atoms with Gasteiger partial charge in [0.1, 0.15) is 17.9 Å². The average molecular weight is 452 g/mol. The standard InChI is InChI=1S/C21H33N5O4S/c1-21(2,3)12-16(25-31(4,29)30)20(28)26-11-5-6-17(26)19(27)24-13-14-7-9-15(10-8-14)18(22)23/h7-10,16-17,25H,5-6,11-13H2,1-4H3,(H3,22,23)(H,24,27)/t16-,17+/m1/s1. The number of benzene rings is 1. The highest BCUT2D eigenvalue weighted by Crippen LogP contribution is 2.25. The molecule has 1 aromatic rings. The van der Waals surface area contributed by atoms with Gasteiger partial charge >= 0.3 is 0 Å². The maximum Gasteiger partial charge on any atom is 0.243 e. The van der Waals surface area contributed by atoms with Crippen molar-refractivity contribution in [3.05, 3.63) is 35.4 Å². The summed E-state index contributed by atoms with van der Waals surface area (Å²) >= 11 is 0. The van der Waals surface area contributed by atoms with E-state index in [1.165, 1.54) is 4.90 Å². The topological polar surface area (TPSA) is 145 Å². The first-order valence-electron chi connectivity index (χ1n) is 10.3. The number of nitrogens with two attached hydrogens (primary N) is 1. The summed E-state index contributed by atoms with van der Waals surface area (Å²) in [5.41, 5.74) is 6.62. The van der Waals surface area contributed by atoms with E-state index in [1.54, 1.807) is 24.3 Å². The molecular weight excluding hydrogens is 418 g/mol. The van der Waals surface area contributed by atoms with Gasteiger partial charge in [0.05, 0.1) is 6.26 Å². The second-order valence-electron chi connectivity index (χ2n) is 9.23. The van der Waals surface area contributed by atoms with Crippen LogP contribution in [0.25, 0.3) is 0 Å². The number of amidine groups is 1. The maximum atomic E-state index is 13.2. The third-order valence-corrected chi connectivity index (χ3v) is 5.75. The van der Waals surface area contributed by atoms with Gasteiger partial charge in [-0.05, 0) is 30.2 Å². The Kier molecular flexibility index (Phi) is 7.82. The van der Waals surface area contributed by atoms with Gasteiger partial charge in [0, 0.05) is 18.7 Å². The number of amides is 2. The van der Waals surface area contributed by atoms with Crippen LogP contribution in [-0.2, 0) is 26.2 Å². The van der Waals surface area contributed by atoms with Crippen molar-refractivity contribution in [1.82, 2.24) is 14.9 Å². The van der Waals surface area contributed by atoms with E-state index < -0.39 is 22.1 Å². The van der Waals surface area contributed by atoms with Crippen molar-refractivity contribution in [1.29, 1.82) is 5.41 Å². The fourth-order valence-electron chi connectivity index (χ4n) is 3.66. The zero-order valence-electron chi connectivity index (χ0n) is 18.6. The van der Waals surface area contributed by atoms with E-state index in [2.05, 4.69) is 10.0 Å². The summed E-state index contributed by atoms with van der Waals surface area (Å²) in [6.45, 7) is 6.49. The van der Waals surface area contributed by atoms with E-state index in [0.29, 0.717) is 31.4 Å². The van der Waals surface area contributed by atoms with Crippen molar-refractivity contribution in [2.75, 3.05) is 12.8 Å². The molecule has 0 saturated carbocycles. The summed E-state index contributed by atoms with van der Waals surface area (Å²) in [6.07, 6.45) is 2.56. The third kappa shape index (κ3) is 7.62. The number of nitrogens with one attached hydrogen (secondary N) is 3. The molecule has 1 aliphatic rings. The van der Waals surface area contributed by atoms with Crippen LogP contribution >= 0.6 is 0 Å².